The molecule has 0 bridgehead atoms. The topological polar surface area (TPSA) is 80.5 Å². The molecule has 1 saturated heterocycles. The number of hydrogen-bond donors (Lipinski definition) is 2. The van der Waals surface area contributed by atoms with E-state index in [1.807, 2.05) is 48.9 Å². The van der Waals surface area contributed by atoms with Crippen molar-refractivity contribution in [2.24, 2.45) is 0 Å². The third kappa shape index (κ3) is 4.16. The van der Waals surface area contributed by atoms with E-state index in [1.54, 1.807) is 17.7 Å². The molecule has 1 aromatic carbocycles. The van der Waals surface area contributed by atoms with Crippen molar-refractivity contribution in [3.63, 3.8) is 0 Å². The Morgan fingerprint density at radius 3 is 2.97 bits per heavy atom. The van der Waals surface area contributed by atoms with Crippen molar-refractivity contribution in [1.29, 1.82) is 0 Å². The van der Waals surface area contributed by atoms with E-state index >= 15 is 0 Å². The van der Waals surface area contributed by atoms with E-state index in [9.17, 15) is 0 Å². The highest BCUT2D eigenvalue weighted by molar-refractivity contribution is 7.20. The summed E-state index contributed by atoms with van der Waals surface area (Å²) in [5.74, 6) is 7.42. The Morgan fingerprint density at radius 2 is 2.09 bits per heavy atom. The van der Waals surface area contributed by atoms with Gasteiger partial charge in [-0.2, -0.15) is 0 Å². The number of benzene rings is 1. The Bertz CT molecular complexity index is 1490. The third-order valence-electron chi connectivity index (χ3n) is 5.68. The maximum absolute atomic E-state index is 4.59. The molecule has 6 rings (SSSR count). The predicted octanol–water partition coefficient (Wildman–Crippen LogP) is 4.33. The monoisotopic (exact) mass is 451 g/mol. The molecule has 162 valence electrons. The van der Waals surface area contributed by atoms with Crippen LogP contribution in [-0.4, -0.2) is 37.1 Å². The highest BCUT2D eigenvalue weighted by Crippen LogP contribution is 2.31. The van der Waals surface area contributed by atoms with Crippen molar-refractivity contribution in [2.45, 2.75) is 25.4 Å². The van der Waals surface area contributed by atoms with Crippen LogP contribution in [0.5, 0.6) is 0 Å². The van der Waals surface area contributed by atoms with E-state index in [4.69, 9.17) is 0 Å². The fourth-order valence-electron chi connectivity index (χ4n) is 4.04. The first kappa shape index (κ1) is 19.9. The van der Waals surface area contributed by atoms with Crippen LogP contribution in [-0.2, 0) is 6.54 Å². The standard InChI is InChI=1S/C25H21N7S/c1-2-10-27-19(4-1)14-32-16-30-21-12-18(7-9-23(21)32)31-25-24-22(28-15-29-25)13-20(33-24)8-6-17-5-3-11-26-17/h1-2,4,7,9-10,12-13,15-17,26H,3,5,11,14H2,(H,28,29,31)/t17-/m1/s1. The summed E-state index contributed by atoms with van der Waals surface area (Å²) in [6, 6.07) is 14.4. The Kier molecular flexibility index (Phi) is 5.19. The zero-order valence-electron chi connectivity index (χ0n) is 17.8. The molecule has 1 fully saturated rings. The zero-order valence-corrected chi connectivity index (χ0v) is 18.6. The van der Waals surface area contributed by atoms with Gasteiger partial charge in [0, 0.05) is 11.9 Å². The summed E-state index contributed by atoms with van der Waals surface area (Å²) in [5, 5.41) is 6.86. The Hall–Kier alpha value is -3.80. The lowest BCUT2D eigenvalue weighted by Crippen LogP contribution is -2.18. The summed E-state index contributed by atoms with van der Waals surface area (Å²) in [5.41, 5.74) is 4.82. The van der Waals surface area contributed by atoms with Crippen molar-refractivity contribution in [3.05, 3.63) is 71.9 Å². The molecule has 0 spiro atoms. The second kappa shape index (κ2) is 8.62. The first-order valence-corrected chi connectivity index (χ1v) is 11.7. The second-order valence-electron chi connectivity index (χ2n) is 7.99. The van der Waals surface area contributed by atoms with E-state index < -0.39 is 0 Å². The average Bonchev–Trinajstić information content (AvgIpc) is 3.59. The molecule has 2 N–H and O–H groups in total. The van der Waals surface area contributed by atoms with Crippen LogP contribution in [0.25, 0.3) is 21.3 Å². The number of nitrogens with zero attached hydrogens (tertiary/aromatic N) is 5. The summed E-state index contributed by atoms with van der Waals surface area (Å²) in [7, 11) is 0. The lowest BCUT2D eigenvalue weighted by molar-refractivity contribution is 0.749. The van der Waals surface area contributed by atoms with Gasteiger partial charge in [-0.1, -0.05) is 17.9 Å². The minimum absolute atomic E-state index is 0.295. The van der Waals surface area contributed by atoms with Crippen LogP contribution in [0, 0.1) is 11.8 Å². The molecule has 8 heteroatoms. The lowest BCUT2D eigenvalue weighted by Gasteiger charge is -2.07. The highest BCUT2D eigenvalue weighted by Gasteiger charge is 2.12. The predicted molar refractivity (Wildman–Crippen MR) is 132 cm³/mol. The zero-order chi connectivity index (χ0) is 22.0. The quantitative estimate of drug-likeness (QED) is 0.396. The third-order valence-corrected chi connectivity index (χ3v) is 6.73. The first-order chi connectivity index (χ1) is 16.3. The summed E-state index contributed by atoms with van der Waals surface area (Å²) >= 11 is 1.62. The van der Waals surface area contributed by atoms with Gasteiger partial charge in [-0.15, -0.1) is 11.3 Å². The van der Waals surface area contributed by atoms with Gasteiger partial charge in [-0.25, -0.2) is 15.0 Å². The van der Waals surface area contributed by atoms with E-state index in [2.05, 4.69) is 53.0 Å². The number of rotatable bonds is 4. The summed E-state index contributed by atoms with van der Waals surface area (Å²) < 4.78 is 3.11. The molecule has 0 saturated carbocycles. The number of hydrogen-bond acceptors (Lipinski definition) is 7. The average molecular weight is 452 g/mol. The van der Waals surface area contributed by atoms with Crippen molar-refractivity contribution < 1.29 is 0 Å². The first-order valence-electron chi connectivity index (χ1n) is 10.9. The molecular formula is C25H21N7S. The molecular weight excluding hydrogens is 430 g/mol. The van der Waals surface area contributed by atoms with Gasteiger partial charge in [0.25, 0.3) is 0 Å². The number of nitrogens with one attached hydrogen (secondary N) is 2. The van der Waals surface area contributed by atoms with E-state index in [0.717, 1.165) is 56.3 Å². The van der Waals surface area contributed by atoms with Crippen LogP contribution in [0.1, 0.15) is 23.4 Å². The molecule has 1 aliphatic heterocycles. The maximum Gasteiger partial charge on any atom is 0.151 e. The smallest absolute Gasteiger partial charge is 0.151 e. The number of fused-ring (bicyclic) bond motifs is 2. The van der Waals surface area contributed by atoms with Gasteiger partial charge in [-0.05, 0) is 55.8 Å². The van der Waals surface area contributed by atoms with Gasteiger partial charge in [-0.3, -0.25) is 4.98 Å². The summed E-state index contributed by atoms with van der Waals surface area (Å²) in [6.07, 6.45) is 7.57. The fourth-order valence-corrected chi connectivity index (χ4v) is 4.96. The van der Waals surface area contributed by atoms with Gasteiger partial charge in [0.05, 0.1) is 50.7 Å². The van der Waals surface area contributed by atoms with Gasteiger partial charge in [0.1, 0.15) is 6.33 Å². The summed E-state index contributed by atoms with van der Waals surface area (Å²) in [6.45, 7) is 1.74. The normalized spacial score (nSPS) is 15.6. The van der Waals surface area contributed by atoms with Crippen molar-refractivity contribution in [3.8, 4) is 11.8 Å². The van der Waals surface area contributed by atoms with Crippen LogP contribution in [0.2, 0.25) is 0 Å². The Labute approximate surface area is 194 Å². The summed E-state index contributed by atoms with van der Waals surface area (Å²) in [4.78, 5) is 18.9. The lowest BCUT2D eigenvalue weighted by atomic mass is 10.2. The van der Waals surface area contributed by atoms with E-state index in [0.29, 0.717) is 12.6 Å². The number of pyridine rings is 1. The molecule has 7 nitrogen and oxygen atoms in total. The van der Waals surface area contributed by atoms with Crippen LogP contribution in [0.3, 0.4) is 0 Å². The molecule has 0 unspecified atom stereocenters. The molecule has 33 heavy (non-hydrogen) atoms. The number of thiophene rings is 1. The molecule has 0 aliphatic carbocycles. The number of anilines is 2. The molecule has 0 radical (unpaired) electrons. The largest absolute Gasteiger partial charge is 0.339 e. The molecule has 5 heterocycles. The van der Waals surface area contributed by atoms with Crippen LogP contribution >= 0.6 is 11.3 Å². The molecule has 4 aromatic heterocycles. The minimum Gasteiger partial charge on any atom is -0.339 e. The van der Waals surface area contributed by atoms with Crippen LogP contribution in [0.15, 0.2) is 61.3 Å². The van der Waals surface area contributed by atoms with E-state index in [-0.39, 0.29) is 0 Å². The minimum atomic E-state index is 0.295. The van der Waals surface area contributed by atoms with Gasteiger partial charge in [0.2, 0.25) is 0 Å². The maximum atomic E-state index is 4.59. The van der Waals surface area contributed by atoms with Crippen molar-refractivity contribution in [2.75, 3.05) is 11.9 Å². The van der Waals surface area contributed by atoms with Gasteiger partial charge >= 0.3 is 0 Å². The molecule has 1 aliphatic rings. The van der Waals surface area contributed by atoms with Crippen LogP contribution < -0.4 is 10.6 Å². The number of aromatic nitrogens is 5. The van der Waals surface area contributed by atoms with E-state index in [1.165, 1.54) is 6.42 Å². The van der Waals surface area contributed by atoms with Gasteiger partial charge < -0.3 is 15.2 Å². The Balaban J connectivity index is 1.26. The highest BCUT2D eigenvalue weighted by atomic mass is 32.1. The van der Waals surface area contributed by atoms with Gasteiger partial charge in [0.15, 0.2) is 5.82 Å². The molecule has 5 aromatic rings. The van der Waals surface area contributed by atoms with Crippen LogP contribution in [0.4, 0.5) is 11.5 Å². The fraction of sp³-hybridized carbons (Fsp3) is 0.200. The Morgan fingerprint density at radius 1 is 1.09 bits per heavy atom. The van der Waals surface area contributed by atoms with Crippen molar-refractivity contribution in [1.82, 2.24) is 29.8 Å². The van der Waals surface area contributed by atoms with Crippen molar-refractivity contribution >= 4 is 44.1 Å². The second-order valence-corrected chi connectivity index (χ2v) is 9.04. The molecule has 1 atom stereocenters. The molecule has 0 amide bonds. The number of imidazole rings is 1. The SMILES string of the molecule is C(#C[C@H]1CCCN1)c1cc2ncnc(Nc3ccc4c(c3)ncn4Cc3ccccn3)c2s1.